The Morgan fingerprint density at radius 1 is 1.50 bits per heavy atom. The Hall–Kier alpha value is 0.110. The summed E-state index contributed by atoms with van der Waals surface area (Å²) in [6.07, 6.45) is 6.03. The van der Waals surface area contributed by atoms with E-state index in [1.165, 1.54) is 29.1 Å². The average Bonchev–Trinajstić information content (AvgIpc) is 2.56. The van der Waals surface area contributed by atoms with E-state index in [0.29, 0.717) is 4.83 Å². The van der Waals surface area contributed by atoms with Crippen LogP contribution < -0.4 is 0 Å². The van der Waals surface area contributed by atoms with Crippen molar-refractivity contribution >= 4 is 27.3 Å². The molecule has 0 spiro atoms. The van der Waals surface area contributed by atoms with Gasteiger partial charge in [0.05, 0.1) is 5.01 Å². The Morgan fingerprint density at radius 3 is 2.93 bits per heavy atom. The van der Waals surface area contributed by atoms with Gasteiger partial charge in [-0.1, -0.05) is 22.9 Å². The predicted molar refractivity (Wildman–Crippen MR) is 65.3 cm³/mol. The van der Waals surface area contributed by atoms with E-state index in [-0.39, 0.29) is 0 Å². The van der Waals surface area contributed by atoms with Gasteiger partial charge in [0.15, 0.2) is 0 Å². The molecule has 1 aromatic heterocycles. The normalized spacial score (nSPS) is 33.2. The van der Waals surface area contributed by atoms with Crippen molar-refractivity contribution in [2.75, 3.05) is 0 Å². The Bertz CT molecular complexity index is 310. The molecule has 0 saturated heterocycles. The van der Waals surface area contributed by atoms with Gasteiger partial charge in [-0.2, -0.15) is 0 Å². The molecule has 1 fully saturated rings. The van der Waals surface area contributed by atoms with Crippen LogP contribution in [0.4, 0.5) is 0 Å². The molecule has 3 atom stereocenters. The van der Waals surface area contributed by atoms with Crippen LogP contribution in [0.15, 0.2) is 6.20 Å². The second kappa shape index (κ2) is 4.31. The monoisotopic (exact) mass is 273 g/mol. The van der Waals surface area contributed by atoms with Gasteiger partial charge in [-0.05, 0) is 38.0 Å². The zero-order valence-corrected chi connectivity index (χ0v) is 11.1. The standard InChI is InChI=1S/C11H16BrNS/c1-7-3-4-9(12)5-10(7)11-6-13-8(2)14-11/h6-7,9-10H,3-5H2,1-2H3. The lowest BCUT2D eigenvalue weighted by Crippen LogP contribution is -2.20. The molecule has 1 aliphatic carbocycles. The van der Waals surface area contributed by atoms with Gasteiger partial charge < -0.3 is 0 Å². The molecule has 2 rings (SSSR count). The molecule has 1 nitrogen and oxygen atoms in total. The minimum atomic E-state index is 0.714. The lowest BCUT2D eigenvalue weighted by Gasteiger charge is -2.30. The lowest BCUT2D eigenvalue weighted by molar-refractivity contribution is 0.344. The summed E-state index contributed by atoms with van der Waals surface area (Å²) < 4.78 is 0. The maximum absolute atomic E-state index is 4.35. The van der Waals surface area contributed by atoms with E-state index in [2.05, 4.69) is 41.0 Å². The molecular weight excluding hydrogens is 258 g/mol. The fraction of sp³-hybridized carbons (Fsp3) is 0.727. The summed E-state index contributed by atoms with van der Waals surface area (Å²) in [6.45, 7) is 4.46. The van der Waals surface area contributed by atoms with E-state index in [0.717, 1.165) is 11.8 Å². The van der Waals surface area contributed by atoms with Crippen LogP contribution in [0.5, 0.6) is 0 Å². The van der Waals surface area contributed by atoms with Crippen LogP contribution in [-0.2, 0) is 0 Å². The van der Waals surface area contributed by atoms with Crippen LogP contribution >= 0.6 is 27.3 Å². The minimum Gasteiger partial charge on any atom is -0.250 e. The summed E-state index contributed by atoms with van der Waals surface area (Å²) in [4.78, 5) is 6.55. The van der Waals surface area contributed by atoms with Gasteiger partial charge in [0.25, 0.3) is 0 Å². The molecule has 1 aliphatic rings. The second-order valence-electron chi connectivity index (χ2n) is 4.28. The zero-order valence-electron chi connectivity index (χ0n) is 8.66. The van der Waals surface area contributed by atoms with Crippen molar-refractivity contribution in [2.24, 2.45) is 5.92 Å². The van der Waals surface area contributed by atoms with Gasteiger partial charge in [0.2, 0.25) is 0 Å². The molecule has 1 saturated carbocycles. The predicted octanol–water partition coefficient (Wildman–Crippen LogP) is 4.12. The van der Waals surface area contributed by atoms with Crippen LogP contribution in [0.2, 0.25) is 0 Å². The van der Waals surface area contributed by atoms with Crippen molar-refractivity contribution in [3.63, 3.8) is 0 Å². The van der Waals surface area contributed by atoms with E-state index in [1.54, 1.807) is 0 Å². The van der Waals surface area contributed by atoms with Crippen molar-refractivity contribution in [3.8, 4) is 0 Å². The number of hydrogen-bond acceptors (Lipinski definition) is 2. The maximum Gasteiger partial charge on any atom is 0.0896 e. The summed E-state index contributed by atoms with van der Waals surface area (Å²) >= 11 is 5.61. The number of rotatable bonds is 1. The van der Waals surface area contributed by atoms with Gasteiger partial charge in [-0.15, -0.1) is 11.3 Å². The summed E-state index contributed by atoms with van der Waals surface area (Å²) in [5, 5.41) is 1.20. The van der Waals surface area contributed by atoms with E-state index in [1.807, 2.05) is 11.3 Å². The highest BCUT2D eigenvalue weighted by molar-refractivity contribution is 9.09. The van der Waals surface area contributed by atoms with E-state index in [4.69, 9.17) is 0 Å². The molecule has 1 heterocycles. The number of aromatic nitrogens is 1. The quantitative estimate of drug-likeness (QED) is 0.702. The number of halogens is 1. The van der Waals surface area contributed by atoms with Crippen molar-refractivity contribution < 1.29 is 0 Å². The first-order chi connectivity index (χ1) is 6.66. The highest BCUT2D eigenvalue weighted by Gasteiger charge is 2.28. The Morgan fingerprint density at radius 2 is 2.29 bits per heavy atom. The van der Waals surface area contributed by atoms with Crippen LogP contribution in [0.25, 0.3) is 0 Å². The van der Waals surface area contributed by atoms with Gasteiger partial charge >= 0.3 is 0 Å². The molecule has 0 amide bonds. The molecule has 1 aromatic rings. The van der Waals surface area contributed by atoms with E-state index in [9.17, 15) is 0 Å². The topological polar surface area (TPSA) is 12.9 Å². The number of aryl methyl sites for hydroxylation is 1. The largest absolute Gasteiger partial charge is 0.250 e. The zero-order chi connectivity index (χ0) is 10.1. The SMILES string of the molecule is Cc1ncc(C2CC(Br)CCC2C)s1. The molecule has 0 aliphatic heterocycles. The molecular formula is C11H16BrNS. The summed E-state index contributed by atoms with van der Waals surface area (Å²) in [5.74, 6) is 1.56. The van der Waals surface area contributed by atoms with Crippen molar-refractivity contribution in [2.45, 2.75) is 43.9 Å². The van der Waals surface area contributed by atoms with Gasteiger partial charge in [0, 0.05) is 15.9 Å². The second-order valence-corrected chi connectivity index (χ2v) is 6.84. The van der Waals surface area contributed by atoms with Crippen LogP contribution in [-0.4, -0.2) is 9.81 Å². The highest BCUT2D eigenvalue weighted by atomic mass is 79.9. The van der Waals surface area contributed by atoms with Crippen LogP contribution in [0.1, 0.15) is 42.0 Å². The molecule has 3 heteroatoms. The van der Waals surface area contributed by atoms with Crippen molar-refractivity contribution in [1.29, 1.82) is 0 Å². The third kappa shape index (κ3) is 2.19. The van der Waals surface area contributed by atoms with Crippen molar-refractivity contribution in [3.05, 3.63) is 16.1 Å². The third-order valence-corrected chi connectivity index (χ3v) is 5.01. The summed E-state index contributed by atoms with van der Waals surface area (Å²) in [6, 6.07) is 0. The Balaban J connectivity index is 2.15. The van der Waals surface area contributed by atoms with E-state index >= 15 is 0 Å². The number of nitrogens with zero attached hydrogens (tertiary/aromatic N) is 1. The molecule has 0 bridgehead atoms. The Labute approximate surface area is 98.1 Å². The Kier molecular flexibility index (Phi) is 3.27. The van der Waals surface area contributed by atoms with Crippen LogP contribution in [0, 0.1) is 12.8 Å². The maximum atomic E-state index is 4.35. The number of alkyl halides is 1. The average molecular weight is 274 g/mol. The lowest BCUT2D eigenvalue weighted by atomic mass is 9.80. The fourth-order valence-corrected chi connectivity index (χ4v) is 3.92. The van der Waals surface area contributed by atoms with E-state index < -0.39 is 0 Å². The van der Waals surface area contributed by atoms with Gasteiger partial charge in [0.1, 0.15) is 0 Å². The van der Waals surface area contributed by atoms with Crippen LogP contribution in [0.3, 0.4) is 0 Å². The molecule has 0 aromatic carbocycles. The molecule has 0 N–H and O–H groups in total. The molecule has 0 radical (unpaired) electrons. The highest BCUT2D eigenvalue weighted by Crippen LogP contribution is 2.41. The summed E-state index contributed by atoms with van der Waals surface area (Å²) in [5.41, 5.74) is 0. The molecule has 3 unspecified atom stereocenters. The minimum absolute atomic E-state index is 0.714. The summed E-state index contributed by atoms with van der Waals surface area (Å²) in [7, 11) is 0. The first-order valence-corrected chi connectivity index (χ1v) is 6.96. The number of thiazole rings is 1. The number of hydrogen-bond donors (Lipinski definition) is 0. The molecule has 14 heavy (non-hydrogen) atoms. The fourth-order valence-electron chi connectivity index (χ4n) is 2.22. The van der Waals surface area contributed by atoms with Gasteiger partial charge in [-0.25, -0.2) is 4.98 Å². The third-order valence-electron chi connectivity index (χ3n) is 3.14. The first kappa shape index (κ1) is 10.6. The first-order valence-electron chi connectivity index (χ1n) is 5.23. The molecule has 78 valence electrons. The van der Waals surface area contributed by atoms with Gasteiger partial charge in [-0.3, -0.25) is 0 Å². The van der Waals surface area contributed by atoms with Crippen molar-refractivity contribution in [1.82, 2.24) is 4.98 Å². The smallest absolute Gasteiger partial charge is 0.0896 e.